The van der Waals surface area contributed by atoms with Crippen molar-refractivity contribution in [3.05, 3.63) is 0 Å². The fourth-order valence-corrected chi connectivity index (χ4v) is 0.172. The van der Waals surface area contributed by atoms with Gasteiger partial charge >= 0.3 is 18.3 Å². The molecule has 16 heavy (non-hydrogen) atoms. The standard InChI is InChI=1S/C4H2F3NO.C2HF3O2/c5-4(6,7)3(9)1-2-8;3-2(4,5)1(6)7/h1H2;(H,6,7). The smallest absolute Gasteiger partial charge is 0.475 e. The Balaban J connectivity index is 0. The molecule has 0 rings (SSSR count). The topological polar surface area (TPSA) is 78.2 Å². The van der Waals surface area contributed by atoms with Crippen LogP contribution in [-0.4, -0.2) is 29.2 Å². The van der Waals surface area contributed by atoms with Crippen LogP contribution in [0, 0.1) is 11.3 Å². The summed E-state index contributed by atoms with van der Waals surface area (Å²) in [6, 6.07) is 1.10. The molecule has 0 atom stereocenters. The summed E-state index contributed by atoms with van der Waals surface area (Å²) in [5.41, 5.74) is 0. The van der Waals surface area contributed by atoms with Crippen molar-refractivity contribution in [2.75, 3.05) is 0 Å². The lowest BCUT2D eigenvalue weighted by Crippen LogP contribution is -2.21. The molecule has 10 heteroatoms. The summed E-state index contributed by atoms with van der Waals surface area (Å²) in [5.74, 6) is -4.75. The first kappa shape index (κ1) is 16.6. The van der Waals surface area contributed by atoms with E-state index in [0.717, 1.165) is 6.07 Å². The van der Waals surface area contributed by atoms with Crippen LogP contribution in [0.4, 0.5) is 26.3 Å². The van der Waals surface area contributed by atoms with Gasteiger partial charge in [0.25, 0.3) is 0 Å². The highest BCUT2D eigenvalue weighted by atomic mass is 19.4. The Morgan fingerprint density at radius 1 is 1.06 bits per heavy atom. The number of nitrogens with zero attached hydrogens (tertiary/aromatic N) is 1. The average molecular weight is 251 g/mol. The molecule has 0 aromatic rings. The van der Waals surface area contributed by atoms with Gasteiger partial charge in [0.15, 0.2) is 0 Å². The molecule has 4 nitrogen and oxygen atoms in total. The number of carbonyl (C=O) groups excluding carboxylic acids is 1. The number of carboxylic acids is 1. The number of aliphatic carboxylic acids is 1. The van der Waals surface area contributed by atoms with Gasteiger partial charge in [-0.3, -0.25) is 4.79 Å². The maximum atomic E-state index is 11.1. The van der Waals surface area contributed by atoms with Gasteiger partial charge in [0.2, 0.25) is 5.78 Å². The van der Waals surface area contributed by atoms with Crippen molar-refractivity contribution in [3.8, 4) is 6.07 Å². The van der Waals surface area contributed by atoms with Gasteiger partial charge < -0.3 is 5.11 Å². The Morgan fingerprint density at radius 2 is 1.38 bits per heavy atom. The van der Waals surface area contributed by atoms with Crippen molar-refractivity contribution >= 4 is 11.8 Å². The van der Waals surface area contributed by atoms with Gasteiger partial charge in [-0.1, -0.05) is 0 Å². The molecular weight excluding hydrogens is 248 g/mol. The fourth-order valence-electron chi connectivity index (χ4n) is 0.172. The summed E-state index contributed by atoms with van der Waals surface area (Å²) in [4.78, 5) is 18.6. The van der Waals surface area contributed by atoms with E-state index in [9.17, 15) is 31.1 Å². The van der Waals surface area contributed by atoms with Crippen molar-refractivity contribution in [2.24, 2.45) is 0 Å². The van der Waals surface area contributed by atoms with E-state index in [2.05, 4.69) is 0 Å². The first-order chi connectivity index (χ1) is 6.92. The Morgan fingerprint density at radius 3 is 1.44 bits per heavy atom. The van der Waals surface area contributed by atoms with Gasteiger partial charge in [-0.15, -0.1) is 0 Å². The predicted molar refractivity (Wildman–Crippen MR) is 35.0 cm³/mol. The third-order valence-corrected chi connectivity index (χ3v) is 0.798. The Bertz CT molecular complexity index is 299. The molecule has 0 aliphatic rings. The van der Waals surface area contributed by atoms with Crippen LogP contribution in [0.2, 0.25) is 0 Å². The molecule has 0 heterocycles. The molecule has 0 aromatic heterocycles. The second-order valence-corrected chi connectivity index (χ2v) is 2.06. The van der Waals surface area contributed by atoms with Gasteiger partial charge in [-0.25, -0.2) is 4.79 Å². The lowest BCUT2D eigenvalue weighted by molar-refractivity contribution is -0.192. The van der Waals surface area contributed by atoms with E-state index >= 15 is 0 Å². The van der Waals surface area contributed by atoms with Crippen LogP contribution < -0.4 is 0 Å². The van der Waals surface area contributed by atoms with Crippen LogP contribution in [0.1, 0.15) is 6.42 Å². The maximum Gasteiger partial charge on any atom is 0.490 e. The highest BCUT2D eigenvalue weighted by Gasteiger charge is 2.38. The van der Waals surface area contributed by atoms with E-state index in [1.807, 2.05) is 0 Å². The molecule has 92 valence electrons. The van der Waals surface area contributed by atoms with E-state index in [1.54, 1.807) is 0 Å². The largest absolute Gasteiger partial charge is 0.490 e. The molecule has 0 aromatic carbocycles. The summed E-state index contributed by atoms with van der Waals surface area (Å²) < 4.78 is 65.1. The summed E-state index contributed by atoms with van der Waals surface area (Å²) in [6.07, 6.45) is -11.0. The van der Waals surface area contributed by atoms with Gasteiger partial charge in [0.1, 0.15) is 6.42 Å². The van der Waals surface area contributed by atoms with E-state index in [1.165, 1.54) is 0 Å². The number of Topliss-reactive ketones (excluding diaryl/α,β-unsaturated/α-hetero) is 1. The third-order valence-electron chi connectivity index (χ3n) is 0.798. The molecule has 1 N–H and O–H groups in total. The van der Waals surface area contributed by atoms with E-state index in [0.29, 0.717) is 0 Å². The molecule has 0 amide bonds. The molecule has 0 aliphatic heterocycles. The quantitative estimate of drug-likeness (QED) is 0.719. The molecule has 0 bridgehead atoms. The normalized spacial score (nSPS) is 10.8. The minimum atomic E-state index is -5.08. The molecule has 0 unspecified atom stereocenters. The van der Waals surface area contributed by atoms with Crippen LogP contribution >= 0.6 is 0 Å². The second-order valence-electron chi connectivity index (χ2n) is 2.06. The fraction of sp³-hybridized carbons (Fsp3) is 0.500. The molecule has 0 saturated carbocycles. The van der Waals surface area contributed by atoms with Crippen LogP contribution in [0.5, 0.6) is 0 Å². The Labute approximate surface area is 84.1 Å². The molecule has 0 radical (unpaired) electrons. The number of ketones is 1. The van der Waals surface area contributed by atoms with Crippen molar-refractivity contribution in [3.63, 3.8) is 0 Å². The van der Waals surface area contributed by atoms with Gasteiger partial charge in [0, 0.05) is 0 Å². The third kappa shape index (κ3) is 8.79. The Hall–Kier alpha value is -1.79. The number of rotatable bonds is 1. The summed E-state index contributed by atoms with van der Waals surface area (Å²) in [5, 5.41) is 14.8. The summed E-state index contributed by atoms with van der Waals surface area (Å²) in [6.45, 7) is 0. The zero-order valence-electron chi connectivity index (χ0n) is 7.19. The highest BCUT2D eigenvalue weighted by molar-refractivity contribution is 5.85. The first-order valence-corrected chi connectivity index (χ1v) is 3.20. The minimum absolute atomic E-state index is 1.09. The number of nitriles is 1. The lowest BCUT2D eigenvalue weighted by Gasteiger charge is -1.98. The summed E-state index contributed by atoms with van der Waals surface area (Å²) >= 11 is 0. The first-order valence-electron chi connectivity index (χ1n) is 3.20. The number of carbonyl (C=O) groups is 2. The van der Waals surface area contributed by atoms with E-state index in [-0.39, 0.29) is 0 Å². The second kappa shape index (κ2) is 5.94. The zero-order valence-corrected chi connectivity index (χ0v) is 7.19. The van der Waals surface area contributed by atoms with Crippen LogP contribution in [-0.2, 0) is 9.59 Å². The summed E-state index contributed by atoms with van der Waals surface area (Å²) in [7, 11) is 0. The number of hydrogen-bond acceptors (Lipinski definition) is 3. The monoisotopic (exact) mass is 251 g/mol. The van der Waals surface area contributed by atoms with Crippen LogP contribution in [0.25, 0.3) is 0 Å². The number of halogens is 6. The lowest BCUT2D eigenvalue weighted by atomic mass is 10.3. The Kier molecular flexibility index (Phi) is 6.17. The number of alkyl halides is 6. The van der Waals surface area contributed by atoms with Crippen molar-refractivity contribution in [1.82, 2.24) is 0 Å². The average Bonchev–Trinajstić information content (AvgIpc) is 2.02. The molecule has 0 aliphatic carbocycles. The van der Waals surface area contributed by atoms with Gasteiger partial charge in [-0.2, -0.15) is 31.6 Å². The minimum Gasteiger partial charge on any atom is -0.475 e. The maximum absolute atomic E-state index is 11.1. The molecule has 0 fully saturated rings. The van der Waals surface area contributed by atoms with E-state index in [4.69, 9.17) is 15.2 Å². The van der Waals surface area contributed by atoms with Crippen LogP contribution in [0.3, 0.4) is 0 Å². The van der Waals surface area contributed by atoms with E-state index < -0.39 is 30.5 Å². The number of carboxylic acid groups (broad SMARTS) is 1. The molecule has 0 saturated heterocycles. The SMILES string of the molecule is N#CCC(=O)C(F)(F)F.O=C(O)C(F)(F)F. The highest BCUT2D eigenvalue weighted by Crippen LogP contribution is 2.16. The predicted octanol–water partition coefficient (Wildman–Crippen LogP) is 1.66. The van der Waals surface area contributed by atoms with Gasteiger partial charge in [-0.05, 0) is 0 Å². The van der Waals surface area contributed by atoms with Gasteiger partial charge in [0.05, 0.1) is 6.07 Å². The van der Waals surface area contributed by atoms with Crippen LogP contribution in [0.15, 0.2) is 0 Å². The molecular formula is C6H3F6NO3. The number of hydrogen-bond donors (Lipinski definition) is 1. The van der Waals surface area contributed by atoms with Crippen molar-refractivity contribution in [2.45, 2.75) is 18.8 Å². The zero-order chi connectivity index (χ0) is 13.6. The van der Waals surface area contributed by atoms with Crippen molar-refractivity contribution in [1.29, 1.82) is 5.26 Å². The van der Waals surface area contributed by atoms with Crippen molar-refractivity contribution < 1.29 is 41.0 Å². The molecule has 0 spiro atoms.